The third kappa shape index (κ3) is 3.28. The van der Waals surface area contributed by atoms with Crippen LogP contribution in [0.3, 0.4) is 0 Å². The molecule has 0 saturated carbocycles. The first-order valence-corrected chi connectivity index (χ1v) is 7.93. The Kier molecular flexibility index (Phi) is 5.36. The van der Waals surface area contributed by atoms with E-state index in [1.807, 2.05) is 30.3 Å². The molecule has 0 saturated heterocycles. The van der Waals surface area contributed by atoms with Gasteiger partial charge >= 0.3 is 0 Å². The number of benzene rings is 2. The zero-order valence-electron chi connectivity index (χ0n) is 12.2. The van der Waals surface area contributed by atoms with Crippen LogP contribution in [0.1, 0.15) is 18.1 Å². The van der Waals surface area contributed by atoms with Gasteiger partial charge in [-0.1, -0.05) is 31.2 Å². The van der Waals surface area contributed by atoms with Gasteiger partial charge in [0.05, 0.1) is 7.11 Å². The summed E-state index contributed by atoms with van der Waals surface area (Å²) in [6.45, 7) is 2.66. The molecule has 0 aliphatic carbocycles. The van der Waals surface area contributed by atoms with Crippen molar-refractivity contribution in [3.05, 3.63) is 53.6 Å². The van der Waals surface area contributed by atoms with Gasteiger partial charge in [-0.3, -0.25) is 0 Å². The predicted octanol–water partition coefficient (Wildman–Crippen LogP) is 4.56. The molecule has 0 aliphatic heterocycles. The molecule has 0 fully saturated rings. The Morgan fingerprint density at radius 2 is 1.75 bits per heavy atom. The highest BCUT2D eigenvalue weighted by molar-refractivity contribution is 7.98. The first-order chi connectivity index (χ1) is 9.80. The van der Waals surface area contributed by atoms with Crippen molar-refractivity contribution in [2.75, 3.05) is 13.4 Å². The summed E-state index contributed by atoms with van der Waals surface area (Å²) in [4.78, 5) is 1.19. The second kappa shape index (κ2) is 7.25. The molecule has 0 aromatic heterocycles. The lowest BCUT2D eigenvalue weighted by atomic mass is 10.1. The van der Waals surface area contributed by atoms with Crippen LogP contribution in [0.4, 0.5) is 0 Å². The molecule has 2 nitrogen and oxygen atoms in total. The zero-order valence-corrected chi connectivity index (χ0v) is 13.0. The van der Waals surface area contributed by atoms with Gasteiger partial charge in [0.15, 0.2) is 0 Å². The van der Waals surface area contributed by atoms with E-state index in [9.17, 15) is 0 Å². The molecule has 0 radical (unpaired) electrons. The van der Waals surface area contributed by atoms with E-state index in [4.69, 9.17) is 9.47 Å². The maximum Gasteiger partial charge on any atom is 0.126 e. The van der Waals surface area contributed by atoms with Crippen LogP contribution >= 0.6 is 11.8 Å². The number of aryl methyl sites for hydroxylation is 1. The van der Waals surface area contributed by atoms with Gasteiger partial charge in [0.2, 0.25) is 0 Å². The third-order valence-corrected chi connectivity index (χ3v) is 4.08. The molecule has 0 spiro atoms. The van der Waals surface area contributed by atoms with Gasteiger partial charge in [-0.2, -0.15) is 0 Å². The van der Waals surface area contributed by atoms with E-state index in [2.05, 4.69) is 25.3 Å². The van der Waals surface area contributed by atoms with Crippen LogP contribution in [-0.2, 0) is 13.0 Å². The smallest absolute Gasteiger partial charge is 0.126 e. The normalized spacial score (nSPS) is 10.3. The molecule has 0 aliphatic rings. The lowest BCUT2D eigenvalue weighted by Crippen LogP contribution is -2.02. The van der Waals surface area contributed by atoms with Gasteiger partial charge in [0.25, 0.3) is 0 Å². The zero-order chi connectivity index (χ0) is 14.4. The molecule has 0 heterocycles. The predicted molar refractivity (Wildman–Crippen MR) is 84.9 cm³/mol. The summed E-state index contributed by atoms with van der Waals surface area (Å²) in [7, 11) is 1.70. The highest BCUT2D eigenvalue weighted by Gasteiger charge is 2.10. The lowest BCUT2D eigenvalue weighted by Gasteiger charge is -2.15. The summed E-state index contributed by atoms with van der Waals surface area (Å²) in [6.07, 6.45) is 3.04. The summed E-state index contributed by atoms with van der Waals surface area (Å²) in [5, 5.41) is 0. The van der Waals surface area contributed by atoms with E-state index in [1.165, 1.54) is 10.5 Å². The van der Waals surface area contributed by atoms with Crippen LogP contribution < -0.4 is 9.47 Å². The van der Waals surface area contributed by atoms with Crippen LogP contribution in [-0.4, -0.2) is 13.4 Å². The van der Waals surface area contributed by atoms with Crippen molar-refractivity contribution in [3.8, 4) is 11.5 Å². The van der Waals surface area contributed by atoms with Crippen LogP contribution in [0.15, 0.2) is 47.4 Å². The van der Waals surface area contributed by atoms with Crippen molar-refractivity contribution in [3.63, 3.8) is 0 Å². The van der Waals surface area contributed by atoms with Crippen molar-refractivity contribution in [1.82, 2.24) is 0 Å². The van der Waals surface area contributed by atoms with E-state index in [0.717, 1.165) is 23.5 Å². The fourth-order valence-corrected chi connectivity index (χ4v) is 2.78. The molecule has 0 amide bonds. The largest absolute Gasteiger partial charge is 0.496 e. The van der Waals surface area contributed by atoms with Crippen LogP contribution in [0.5, 0.6) is 11.5 Å². The fraction of sp³-hybridized carbons (Fsp3) is 0.294. The summed E-state index contributed by atoms with van der Waals surface area (Å²) in [6, 6.07) is 14.3. The quantitative estimate of drug-likeness (QED) is 0.726. The van der Waals surface area contributed by atoms with E-state index >= 15 is 0 Å². The molecule has 106 valence electrons. The molecule has 3 heteroatoms. The van der Waals surface area contributed by atoms with Crippen molar-refractivity contribution in [2.24, 2.45) is 0 Å². The van der Waals surface area contributed by atoms with Gasteiger partial charge in [0, 0.05) is 10.5 Å². The minimum atomic E-state index is 0.525. The second-order valence-electron chi connectivity index (χ2n) is 4.39. The number of para-hydroxylation sites is 1. The topological polar surface area (TPSA) is 18.5 Å². The highest BCUT2D eigenvalue weighted by Crippen LogP contribution is 2.30. The van der Waals surface area contributed by atoms with Crippen molar-refractivity contribution >= 4 is 11.8 Å². The summed E-state index contributed by atoms with van der Waals surface area (Å²) in [5.74, 6) is 1.83. The summed E-state index contributed by atoms with van der Waals surface area (Å²) in [5.41, 5.74) is 2.33. The number of thioether (sulfide) groups is 1. The van der Waals surface area contributed by atoms with Gasteiger partial charge in [0.1, 0.15) is 18.1 Å². The Hall–Kier alpha value is -1.61. The third-order valence-electron chi connectivity index (χ3n) is 3.26. The number of methoxy groups -OCH3 is 1. The number of hydrogen-bond acceptors (Lipinski definition) is 3. The molecule has 0 unspecified atom stereocenters. The van der Waals surface area contributed by atoms with E-state index in [-0.39, 0.29) is 0 Å². The van der Waals surface area contributed by atoms with Crippen LogP contribution in [0.25, 0.3) is 0 Å². The Bertz CT molecular complexity index is 544. The second-order valence-corrected chi connectivity index (χ2v) is 5.24. The van der Waals surface area contributed by atoms with Crippen molar-refractivity contribution < 1.29 is 9.47 Å². The van der Waals surface area contributed by atoms with E-state index in [0.29, 0.717) is 6.61 Å². The summed E-state index contributed by atoms with van der Waals surface area (Å²) < 4.78 is 11.4. The molecule has 0 atom stereocenters. The van der Waals surface area contributed by atoms with Crippen LogP contribution in [0.2, 0.25) is 0 Å². The average molecular weight is 288 g/mol. The Morgan fingerprint density at radius 3 is 2.45 bits per heavy atom. The number of ether oxygens (including phenoxy) is 2. The minimum absolute atomic E-state index is 0.525. The molecule has 0 N–H and O–H groups in total. The van der Waals surface area contributed by atoms with Crippen molar-refractivity contribution in [1.29, 1.82) is 0 Å². The Labute approximate surface area is 125 Å². The first kappa shape index (κ1) is 14.8. The monoisotopic (exact) mass is 288 g/mol. The average Bonchev–Trinajstić information content (AvgIpc) is 2.52. The number of rotatable bonds is 6. The highest BCUT2D eigenvalue weighted by atomic mass is 32.2. The summed E-state index contributed by atoms with van der Waals surface area (Å²) >= 11 is 1.71. The maximum atomic E-state index is 6.01. The maximum absolute atomic E-state index is 6.01. The molecule has 20 heavy (non-hydrogen) atoms. The Morgan fingerprint density at radius 1 is 1.00 bits per heavy atom. The molecule has 0 bridgehead atoms. The standard InChI is InChI=1S/C17H20O2S/c1-4-13-8-5-6-9-15(13)19-12-14-16(18-2)10-7-11-17(14)20-3/h5-11H,4,12H2,1-3H3. The van der Waals surface area contributed by atoms with Gasteiger partial charge in [-0.05, 0) is 36.4 Å². The molecule has 2 aromatic carbocycles. The van der Waals surface area contributed by atoms with E-state index < -0.39 is 0 Å². The SMILES string of the molecule is CCc1ccccc1OCc1c(OC)cccc1SC. The van der Waals surface area contributed by atoms with E-state index in [1.54, 1.807) is 18.9 Å². The lowest BCUT2D eigenvalue weighted by molar-refractivity contribution is 0.290. The van der Waals surface area contributed by atoms with Gasteiger partial charge < -0.3 is 9.47 Å². The van der Waals surface area contributed by atoms with Gasteiger partial charge in [-0.15, -0.1) is 11.8 Å². The number of hydrogen-bond donors (Lipinski definition) is 0. The van der Waals surface area contributed by atoms with Crippen molar-refractivity contribution in [2.45, 2.75) is 24.8 Å². The van der Waals surface area contributed by atoms with Crippen LogP contribution in [0, 0.1) is 0 Å². The first-order valence-electron chi connectivity index (χ1n) is 6.70. The molecule has 2 aromatic rings. The Balaban J connectivity index is 2.22. The molecule has 2 rings (SSSR count). The minimum Gasteiger partial charge on any atom is -0.496 e. The molecular weight excluding hydrogens is 268 g/mol. The molecular formula is C17H20O2S. The fourth-order valence-electron chi connectivity index (χ4n) is 2.16. The van der Waals surface area contributed by atoms with Gasteiger partial charge in [-0.25, -0.2) is 0 Å².